The smallest absolute Gasteiger partial charge is 0.255 e. The Morgan fingerprint density at radius 3 is 2.31 bits per heavy atom. The lowest BCUT2D eigenvalue weighted by molar-refractivity contribution is -0.121. The Hall–Kier alpha value is -2.26. The molecule has 142 valence electrons. The van der Waals surface area contributed by atoms with Crippen molar-refractivity contribution in [1.29, 1.82) is 0 Å². The van der Waals surface area contributed by atoms with E-state index in [1.165, 1.54) is 44.7 Å². The molecule has 1 saturated carbocycles. The molecule has 8 nitrogen and oxygen atoms in total. The summed E-state index contributed by atoms with van der Waals surface area (Å²) in [6.45, 7) is 1.04. The zero-order valence-corrected chi connectivity index (χ0v) is 15.8. The van der Waals surface area contributed by atoms with Crippen LogP contribution in [0, 0.1) is 0 Å². The third kappa shape index (κ3) is 5.63. The molecule has 2 amide bonds. The van der Waals surface area contributed by atoms with Gasteiger partial charge in [-0.15, -0.1) is 0 Å². The third-order valence-corrected chi connectivity index (χ3v) is 5.84. The molecule has 1 aliphatic carbocycles. The molecule has 0 unspecified atom stereocenters. The summed E-state index contributed by atoms with van der Waals surface area (Å²) in [6.07, 6.45) is 5.05. The maximum absolute atomic E-state index is 12.5. The summed E-state index contributed by atoms with van der Waals surface area (Å²) in [5.41, 5.74) is 3.88. The van der Waals surface area contributed by atoms with Crippen LogP contribution in [0.3, 0.4) is 0 Å². The lowest BCUT2D eigenvalue weighted by atomic mass is 9.99. The molecule has 1 aliphatic rings. The summed E-state index contributed by atoms with van der Waals surface area (Å²) in [5.74, 6) is -0.724. The minimum atomic E-state index is -3.81. The van der Waals surface area contributed by atoms with Crippen molar-refractivity contribution in [1.82, 2.24) is 9.73 Å². The monoisotopic (exact) mass is 380 g/mol. The van der Waals surface area contributed by atoms with E-state index in [1.54, 1.807) is 0 Å². The van der Waals surface area contributed by atoms with Crippen LogP contribution in [-0.4, -0.2) is 43.8 Å². The van der Waals surface area contributed by atoms with E-state index in [0.29, 0.717) is 5.69 Å². The molecule has 1 aromatic rings. The van der Waals surface area contributed by atoms with Crippen LogP contribution in [0.5, 0.6) is 0 Å². The van der Waals surface area contributed by atoms with E-state index in [2.05, 4.69) is 15.8 Å². The number of carbonyl (C=O) groups is 2. The maximum atomic E-state index is 12.5. The number of likely N-dealkylation sites (N-methyl/N-ethyl adjacent to an activating group) is 1. The van der Waals surface area contributed by atoms with Crippen molar-refractivity contribution in [3.8, 4) is 0 Å². The Labute approximate surface area is 153 Å². The predicted octanol–water partition coefficient (Wildman–Crippen LogP) is 1.70. The van der Waals surface area contributed by atoms with Crippen LogP contribution < -0.4 is 10.7 Å². The van der Waals surface area contributed by atoms with Gasteiger partial charge in [-0.05, 0) is 49.9 Å². The van der Waals surface area contributed by atoms with Gasteiger partial charge in [0.1, 0.15) is 0 Å². The lowest BCUT2D eigenvalue weighted by Gasteiger charge is -2.17. The number of anilines is 1. The van der Waals surface area contributed by atoms with Gasteiger partial charge in [0, 0.05) is 25.4 Å². The Kier molecular flexibility index (Phi) is 6.87. The number of nitrogens with zero attached hydrogens (tertiary/aromatic N) is 2. The number of rotatable bonds is 6. The first-order valence-electron chi connectivity index (χ1n) is 8.47. The van der Waals surface area contributed by atoms with Gasteiger partial charge < -0.3 is 5.32 Å². The highest BCUT2D eigenvalue weighted by Crippen LogP contribution is 2.17. The van der Waals surface area contributed by atoms with Crippen molar-refractivity contribution in [3.63, 3.8) is 0 Å². The minimum absolute atomic E-state index is 0.0421. The van der Waals surface area contributed by atoms with E-state index >= 15 is 0 Å². The molecule has 0 atom stereocenters. The molecule has 0 heterocycles. The Bertz CT molecular complexity index is 779. The number of hydrogen-bond acceptors (Lipinski definition) is 5. The van der Waals surface area contributed by atoms with Gasteiger partial charge in [0.25, 0.3) is 5.91 Å². The molecular formula is C17H24N4O4S. The first-order chi connectivity index (χ1) is 12.3. The van der Waals surface area contributed by atoms with Gasteiger partial charge in [-0.25, -0.2) is 13.8 Å². The lowest BCUT2D eigenvalue weighted by Crippen LogP contribution is -2.37. The molecule has 0 aliphatic heterocycles. The van der Waals surface area contributed by atoms with Crippen molar-refractivity contribution < 1.29 is 18.0 Å². The van der Waals surface area contributed by atoms with Gasteiger partial charge >= 0.3 is 0 Å². The van der Waals surface area contributed by atoms with Crippen molar-refractivity contribution in [3.05, 3.63) is 24.3 Å². The average Bonchev–Trinajstić information content (AvgIpc) is 2.61. The van der Waals surface area contributed by atoms with E-state index in [9.17, 15) is 18.0 Å². The van der Waals surface area contributed by atoms with Gasteiger partial charge in [-0.3, -0.25) is 9.59 Å². The molecule has 0 aromatic heterocycles. The summed E-state index contributed by atoms with van der Waals surface area (Å²) in [5, 5.41) is 6.65. The predicted molar refractivity (Wildman–Crippen MR) is 99.2 cm³/mol. The molecule has 1 aromatic carbocycles. The summed E-state index contributed by atoms with van der Waals surface area (Å²) in [7, 11) is -2.47. The standard InChI is InChI=1S/C17H24N4O4S/c1-13(22)18-14-8-10-16(11-9-14)26(24,25)21(2)12-17(23)20-19-15-6-4-3-5-7-15/h8-11H,3-7,12H2,1-2H3,(H,18,22)(H,20,23). The largest absolute Gasteiger partial charge is 0.326 e. The van der Waals surface area contributed by atoms with Crippen LogP contribution in [0.4, 0.5) is 5.69 Å². The van der Waals surface area contributed by atoms with Crippen molar-refractivity contribution >= 4 is 33.2 Å². The zero-order chi connectivity index (χ0) is 19.2. The fourth-order valence-corrected chi connectivity index (χ4v) is 3.76. The number of benzene rings is 1. The SMILES string of the molecule is CC(=O)Nc1ccc(S(=O)(=O)N(C)CC(=O)NN=C2CCCCC2)cc1. The fraction of sp³-hybridized carbons (Fsp3) is 0.471. The second kappa shape index (κ2) is 8.91. The molecule has 0 saturated heterocycles. The molecule has 26 heavy (non-hydrogen) atoms. The Morgan fingerprint density at radius 1 is 1.12 bits per heavy atom. The summed E-state index contributed by atoms with van der Waals surface area (Å²) < 4.78 is 26.0. The Balaban J connectivity index is 1.96. The highest BCUT2D eigenvalue weighted by atomic mass is 32.2. The van der Waals surface area contributed by atoms with Crippen molar-refractivity contribution in [2.24, 2.45) is 5.10 Å². The van der Waals surface area contributed by atoms with Crippen LogP contribution in [-0.2, 0) is 19.6 Å². The minimum Gasteiger partial charge on any atom is -0.326 e. The molecule has 0 bridgehead atoms. The van der Waals surface area contributed by atoms with E-state index in [0.717, 1.165) is 35.7 Å². The quantitative estimate of drug-likeness (QED) is 0.732. The first-order valence-corrected chi connectivity index (χ1v) is 9.91. The zero-order valence-electron chi connectivity index (χ0n) is 15.0. The van der Waals surface area contributed by atoms with Crippen LogP contribution in [0.15, 0.2) is 34.3 Å². The van der Waals surface area contributed by atoms with E-state index < -0.39 is 15.9 Å². The molecule has 1 fully saturated rings. The van der Waals surface area contributed by atoms with Gasteiger partial charge in [0.15, 0.2) is 0 Å². The number of hydrazone groups is 1. The summed E-state index contributed by atoms with van der Waals surface area (Å²) >= 11 is 0. The number of carbonyl (C=O) groups excluding carboxylic acids is 2. The molecule has 2 N–H and O–H groups in total. The summed E-state index contributed by atoms with van der Waals surface area (Å²) in [6, 6.07) is 5.77. The fourth-order valence-electron chi connectivity index (χ4n) is 2.63. The molecule has 0 spiro atoms. The number of hydrogen-bond donors (Lipinski definition) is 2. The highest BCUT2D eigenvalue weighted by molar-refractivity contribution is 7.89. The maximum Gasteiger partial charge on any atom is 0.255 e. The molecule has 9 heteroatoms. The number of nitrogens with one attached hydrogen (secondary N) is 2. The molecular weight excluding hydrogens is 356 g/mol. The third-order valence-electron chi connectivity index (χ3n) is 4.02. The van der Waals surface area contributed by atoms with Gasteiger partial charge in [-0.1, -0.05) is 6.42 Å². The van der Waals surface area contributed by atoms with E-state index in [-0.39, 0.29) is 17.3 Å². The van der Waals surface area contributed by atoms with Crippen LogP contribution in [0.2, 0.25) is 0 Å². The van der Waals surface area contributed by atoms with E-state index in [4.69, 9.17) is 0 Å². The van der Waals surface area contributed by atoms with Gasteiger partial charge in [0.05, 0.1) is 11.4 Å². The summed E-state index contributed by atoms with van der Waals surface area (Å²) in [4.78, 5) is 23.0. The van der Waals surface area contributed by atoms with Crippen LogP contribution >= 0.6 is 0 Å². The second-order valence-electron chi connectivity index (χ2n) is 6.24. The molecule has 2 rings (SSSR count). The van der Waals surface area contributed by atoms with E-state index in [1.807, 2.05) is 0 Å². The highest BCUT2D eigenvalue weighted by Gasteiger charge is 2.23. The number of amides is 2. The van der Waals surface area contributed by atoms with Crippen LogP contribution in [0.1, 0.15) is 39.0 Å². The average molecular weight is 380 g/mol. The molecule has 0 radical (unpaired) electrons. The van der Waals surface area contributed by atoms with Gasteiger partial charge in [0.2, 0.25) is 15.9 Å². The number of sulfonamides is 1. The van der Waals surface area contributed by atoms with Gasteiger partial charge in [-0.2, -0.15) is 9.41 Å². The topological polar surface area (TPSA) is 108 Å². The first kappa shape index (κ1) is 20.1. The normalized spacial score (nSPS) is 14.8. The second-order valence-corrected chi connectivity index (χ2v) is 8.29. The Morgan fingerprint density at radius 2 is 1.73 bits per heavy atom. The van der Waals surface area contributed by atoms with Crippen LogP contribution in [0.25, 0.3) is 0 Å². The van der Waals surface area contributed by atoms with Crippen molar-refractivity contribution in [2.75, 3.05) is 18.9 Å². The van der Waals surface area contributed by atoms with Crippen molar-refractivity contribution in [2.45, 2.75) is 43.9 Å².